The molecule has 2 aliphatic rings. The Hall–Kier alpha value is -1.43. The lowest BCUT2D eigenvalue weighted by Crippen LogP contribution is -2.49. The molecular formula is C20H31N3O2. The van der Waals surface area contributed by atoms with Gasteiger partial charge >= 0.3 is 0 Å². The quantitative estimate of drug-likeness (QED) is 0.853. The summed E-state index contributed by atoms with van der Waals surface area (Å²) in [6.45, 7) is 9.00. The molecule has 2 saturated heterocycles. The van der Waals surface area contributed by atoms with Crippen LogP contribution < -0.4 is 5.32 Å². The number of amides is 1. The molecule has 2 heterocycles. The number of hydrogen-bond donors (Lipinski definition) is 1. The van der Waals surface area contributed by atoms with Gasteiger partial charge in [0, 0.05) is 26.2 Å². The van der Waals surface area contributed by atoms with E-state index in [0.29, 0.717) is 13.1 Å². The highest BCUT2D eigenvalue weighted by molar-refractivity contribution is 5.78. The molecule has 1 N–H and O–H groups in total. The largest absolute Gasteiger partial charge is 0.374 e. The Morgan fingerprint density at radius 1 is 1.16 bits per heavy atom. The van der Waals surface area contributed by atoms with E-state index in [9.17, 15) is 4.79 Å². The number of morpholine rings is 1. The molecule has 0 bridgehead atoms. The van der Waals surface area contributed by atoms with Gasteiger partial charge in [0.25, 0.3) is 0 Å². The number of hydrogen-bond acceptors (Lipinski definition) is 4. The van der Waals surface area contributed by atoms with Crippen LogP contribution in [0.2, 0.25) is 0 Å². The number of nitrogens with one attached hydrogen (secondary N) is 1. The molecule has 0 aromatic heterocycles. The summed E-state index contributed by atoms with van der Waals surface area (Å²) in [6.07, 6.45) is 2.49. The van der Waals surface area contributed by atoms with Crippen molar-refractivity contribution in [2.45, 2.75) is 32.4 Å². The first kappa shape index (κ1) is 18.4. The van der Waals surface area contributed by atoms with Gasteiger partial charge in [-0.3, -0.25) is 14.6 Å². The van der Waals surface area contributed by atoms with E-state index in [1.165, 1.54) is 18.4 Å². The molecule has 3 rings (SSSR count). The molecule has 0 unspecified atom stereocenters. The minimum atomic E-state index is 0.0859. The monoisotopic (exact) mass is 345 g/mol. The lowest BCUT2D eigenvalue weighted by Gasteiger charge is -2.33. The predicted octanol–water partition coefficient (Wildman–Crippen LogP) is 1.74. The number of carbonyl (C=O) groups is 1. The van der Waals surface area contributed by atoms with Gasteiger partial charge in [0.1, 0.15) is 0 Å². The lowest BCUT2D eigenvalue weighted by molar-refractivity contribution is -0.123. The zero-order valence-corrected chi connectivity index (χ0v) is 15.3. The normalized spacial score (nSPS) is 23.5. The highest BCUT2D eigenvalue weighted by Gasteiger charge is 2.22. The van der Waals surface area contributed by atoms with E-state index in [-0.39, 0.29) is 12.0 Å². The van der Waals surface area contributed by atoms with E-state index in [1.807, 2.05) is 6.07 Å². The summed E-state index contributed by atoms with van der Waals surface area (Å²) < 4.78 is 5.83. The molecule has 25 heavy (non-hydrogen) atoms. The van der Waals surface area contributed by atoms with E-state index < -0.39 is 0 Å². The Morgan fingerprint density at radius 3 is 2.68 bits per heavy atom. The Balaban J connectivity index is 1.37. The fraction of sp³-hybridized carbons (Fsp3) is 0.650. The highest BCUT2D eigenvalue weighted by Crippen LogP contribution is 2.15. The number of ether oxygens (including phenoxy) is 1. The van der Waals surface area contributed by atoms with E-state index in [2.05, 4.69) is 46.3 Å². The molecule has 2 fully saturated rings. The Bertz CT molecular complexity index is 529. The summed E-state index contributed by atoms with van der Waals surface area (Å²) in [4.78, 5) is 16.9. The number of piperidine rings is 1. The summed E-state index contributed by atoms with van der Waals surface area (Å²) in [5, 5.41) is 3.06. The minimum absolute atomic E-state index is 0.0859. The molecular weight excluding hydrogens is 314 g/mol. The van der Waals surface area contributed by atoms with Crippen molar-refractivity contribution >= 4 is 5.91 Å². The summed E-state index contributed by atoms with van der Waals surface area (Å²) in [5.41, 5.74) is 1.33. The lowest BCUT2D eigenvalue weighted by atomic mass is 9.99. The van der Waals surface area contributed by atoms with Crippen molar-refractivity contribution in [1.29, 1.82) is 0 Å². The second-order valence-corrected chi connectivity index (χ2v) is 7.48. The first-order valence-corrected chi connectivity index (χ1v) is 9.56. The van der Waals surface area contributed by atoms with E-state index in [4.69, 9.17) is 4.74 Å². The molecule has 0 radical (unpaired) electrons. The Morgan fingerprint density at radius 2 is 1.92 bits per heavy atom. The van der Waals surface area contributed by atoms with E-state index in [0.717, 1.165) is 45.2 Å². The Kier molecular flexibility index (Phi) is 6.84. The number of benzene rings is 1. The zero-order chi connectivity index (χ0) is 17.5. The maximum atomic E-state index is 12.2. The van der Waals surface area contributed by atoms with Crippen molar-refractivity contribution in [3.8, 4) is 0 Å². The van der Waals surface area contributed by atoms with Crippen molar-refractivity contribution in [1.82, 2.24) is 15.1 Å². The second-order valence-electron chi connectivity index (χ2n) is 7.48. The second kappa shape index (κ2) is 9.32. The van der Waals surface area contributed by atoms with E-state index in [1.54, 1.807) is 0 Å². The fourth-order valence-corrected chi connectivity index (χ4v) is 3.60. The van der Waals surface area contributed by atoms with E-state index >= 15 is 0 Å². The molecule has 138 valence electrons. The fourth-order valence-electron chi connectivity index (χ4n) is 3.60. The van der Waals surface area contributed by atoms with Crippen LogP contribution in [-0.2, 0) is 16.1 Å². The van der Waals surface area contributed by atoms with Gasteiger partial charge in [-0.15, -0.1) is 0 Å². The van der Waals surface area contributed by atoms with Crippen molar-refractivity contribution in [3.05, 3.63) is 35.9 Å². The van der Waals surface area contributed by atoms with Crippen LogP contribution in [0.1, 0.15) is 25.3 Å². The van der Waals surface area contributed by atoms with Crippen LogP contribution in [0.15, 0.2) is 30.3 Å². The topological polar surface area (TPSA) is 44.8 Å². The zero-order valence-electron chi connectivity index (χ0n) is 15.3. The molecule has 5 nitrogen and oxygen atoms in total. The summed E-state index contributed by atoms with van der Waals surface area (Å²) in [7, 11) is 0. The van der Waals surface area contributed by atoms with Crippen molar-refractivity contribution in [2.24, 2.45) is 5.92 Å². The van der Waals surface area contributed by atoms with Gasteiger partial charge in [-0.25, -0.2) is 0 Å². The number of carbonyl (C=O) groups excluding carboxylic acids is 1. The van der Waals surface area contributed by atoms with Crippen LogP contribution in [0.4, 0.5) is 0 Å². The first-order valence-electron chi connectivity index (χ1n) is 9.56. The van der Waals surface area contributed by atoms with Crippen LogP contribution >= 0.6 is 0 Å². The van der Waals surface area contributed by atoms with Crippen LogP contribution in [0, 0.1) is 5.92 Å². The maximum Gasteiger partial charge on any atom is 0.234 e. The third-order valence-corrected chi connectivity index (χ3v) is 5.24. The van der Waals surface area contributed by atoms with Gasteiger partial charge in [0.15, 0.2) is 0 Å². The van der Waals surface area contributed by atoms with Gasteiger partial charge in [-0.1, -0.05) is 37.3 Å². The Labute approximate surface area is 151 Å². The summed E-state index contributed by atoms with van der Waals surface area (Å²) >= 11 is 0. The SMILES string of the molecule is CC1CCN(CC(=O)NC[C@H]2CN(Cc3ccccc3)CCO2)CC1. The summed E-state index contributed by atoms with van der Waals surface area (Å²) in [5.74, 6) is 0.920. The van der Waals surface area contributed by atoms with Crippen molar-refractivity contribution in [2.75, 3.05) is 45.9 Å². The molecule has 2 aliphatic heterocycles. The minimum Gasteiger partial charge on any atom is -0.374 e. The number of nitrogens with zero attached hydrogens (tertiary/aromatic N) is 2. The van der Waals surface area contributed by atoms with Crippen molar-refractivity contribution < 1.29 is 9.53 Å². The molecule has 0 saturated carbocycles. The predicted molar refractivity (Wildman–Crippen MR) is 99.3 cm³/mol. The molecule has 1 aromatic rings. The van der Waals surface area contributed by atoms with Crippen molar-refractivity contribution in [3.63, 3.8) is 0 Å². The van der Waals surface area contributed by atoms with Crippen LogP contribution in [0.25, 0.3) is 0 Å². The molecule has 1 amide bonds. The standard InChI is InChI=1S/C20H31N3O2/c1-17-7-9-22(10-8-17)16-20(24)21-13-19-15-23(11-12-25-19)14-18-5-3-2-4-6-18/h2-6,17,19H,7-16H2,1H3,(H,21,24)/t19-/m0/s1. The third kappa shape index (κ3) is 6.10. The molecule has 1 aromatic carbocycles. The molecule has 0 aliphatic carbocycles. The summed E-state index contributed by atoms with van der Waals surface area (Å²) in [6, 6.07) is 10.5. The highest BCUT2D eigenvalue weighted by atomic mass is 16.5. The molecule has 5 heteroatoms. The van der Waals surface area contributed by atoms with Crippen LogP contribution in [0.5, 0.6) is 0 Å². The maximum absolute atomic E-state index is 12.2. The van der Waals surface area contributed by atoms with Gasteiger partial charge in [0.05, 0.1) is 19.3 Å². The number of rotatable bonds is 6. The average Bonchev–Trinajstić information content (AvgIpc) is 2.63. The van der Waals surface area contributed by atoms with Gasteiger partial charge in [-0.2, -0.15) is 0 Å². The smallest absolute Gasteiger partial charge is 0.234 e. The van der Waals surface area contributed by atoms with Gasteiger partial charge < -0.3 is 10.1 Å². The molecule has 0 spiro atoms. The average molecular weight is 345 g/mol. The number of likely N-dealkylation sites (tertiary alicyclic amines) is 1. The van der Waals surface area contributed by atoms with Gasteiger partial charge in [-0.05, 0) is 37.4 Å². The third-order valence-electron chi connectivity index (χ3n) is 5.24. The molecule has 1 atom stereocenters. The van der Waals surface area contributed by atoms with Crippen LogP contribution in [-0.4, -0.2) is 67.7 Å². The van der Waals surface area contributed by atoms with Crippen LogP contribution in [0.3, 0.4) is 0 Å². The van der Waals surface area contributed by atoms with Gasteiger partial charge in [0.2, 0.25) is 5.91 Å². The first-order chi connectivity index (χ1) is 12.2.